The van der Waals surface area contributed by atoms with E-state index in [4.69, 9.17) is 0 Å². The van der Waals surface area contributed by atoms with Gasteiger partial charge in [-0.3, -0.25) is 4.79 Å². The van der Waals surface area contributed by atoms with E-state index < -0.39 is 0 Å². The van der Waals surface area contributed by atoms with Gasteiger partial charge in [-0.2, -0.15) is 0 Å². The van der Waals surface area contributed by atoms with E-state index in [0.717, 1.165) is 11.1 Å². The van der Waals surface area contributed by atoms with Gasteiger partial charge in [0, 0.05) is 22.4 Å². The molecule has 3 aromatic rings. The van der Waals surface area contributed by atoms with Gasteiger partial charge in [0.05, 0.1) is 0 Å². The van der Waals surface area contributed by atoms with E-state index in [0.29, 0.717) is 11.3 Å². The van der Waals surface area contributed by atoms with Gasteiger partial charge in [-0.1, -0.05) is 36.1 Å². The summed E-state index contributed by atoms with van der Waals surface area (Å²) < 4.78 is 12.9. The Bertz CT molecular complexity index is 906. The molecule has 0 saturated heterocycles. The molecular formula is C21H14FNO. The predicted octanol–water partition coefficient (Wildman–Crippen LogP) is 4.48. The maximum Gasteiger partial charge on any atom is 0.255 e. The normalized spacial score (nSPS) is 9.71. The number of halogens is 1. The van der Waals surface area contributed by atoms with Crippen molar-refractivity contribution in [3.8, 4) is 11.8 Å². The van der Waals surface area contributed by atoms with E-state index in [1.54, 1.807) is 12.1 Å². The number of nitrogens with one attached hydrogen (secondary N) is 1. The molecule has 0 aliphatic carbocycles. The highest BCUT2D eigenvalue weighted by Crippen LogP contribution is 2.12. The highest BCUT2D eigenvalue weighted by molar-refractivity contribution is 6.04. The van der Waals surface area contributed by atoms with Crippen molar-refractivity contribution in [2.24, 2.45) is 0 Å². The molecule has 24 heavy (non-hydrogen) atoms. The van der Waals surface area contributed by atoms with Crippen LogP contribution in [0.4, 0.5) is 10.1 Å². The quantitative estimate of drug-likeness (QED) is 0.694. The number of amides is 1. The van der Waals surface area contributed by atoms with Crippen molar-refractivity contribution >= 4 is 11.6 Å². The summed E-state index contributed by atoms with van der Waals surface area (Å²) in [5, 5.41) is 2.79. The Hall–Kier alpha value is -3.38. The van der Waals surface area contributed by atoms with E-state index in [2.05, 4.69) is 17.2 Å². The van der Waals surface area contributed by atoms with Gasteiger partial charge in [-0.15, -0.1) is 0 Å². The van der Waals surface area contributed by atoms with Crippen LogP contribution in [-0.4, -0.2) is 5.91 Å². The molecule has 0 atom stereocenters. The van der Waals surface area contributed by atoms with Gasteiger partial charge in [-0.05, 0) is 54.6 Å². The Balaban J connectivity index is 1.75. The van der Waals surface area contributed by atoms with Gasteiger partial charge in [0.1, 0.15) is 5.82 Å². The van der Waals surface area contributed by atoms with E-state index in [9.17, 15) is 9.18 Å². The van der Waals surface area contributed by atoms with Gasteiger partial charge >= 0.3 is 0 Å². The smallest absolute Gasteiger partial charge is 0.255 e. The Kier molecular flexibility index (Phi) is 4.69. The molecule has 2 nitrogen and oxygen atoms in total. The summed E-state index contributed by atoms with van der Waals surface area (Å²) in [6.07, 6.45) is 0. The molecule has 116 valence electrons. The second kappa shape index (κ2) is 7.26. The number of hydrogen-bond acceptors (Lipinski definition) is 1. The summed E-state index contributed by atoms with van der Waals surface area (Å²) in [5.41, 5.74) is 2.77. The first kappa shape index (κ1) is 15.5. The molecule has 1 amide bonds. The number of anilines is 1. The molecule has 0 bridgehead atoms. The highest BCUT2D eigenvalue weighted by Gasteiger charge is 2.06. The second-order valence-electron chi connectivity index (χ2n) is 5.16. The molecule has 3 rings (SSSR count). The number of carbonyl (C=O) groups is 1. The number of hydrogen-bond donors (Lipinski definition) is 1. The summed E-state index contributed by atoms with van der Waals surface area (Å²) >= 11 is 0. The van der Waals surface area contributed by atoms with E-state index in [-0.39, 0.29) is 11.7 Å². The van der Waals surface area contributed by atoms with E-state index in [1.165, 1.54) is 24.3 Å². The lowest BCUT2D eigenvalue weighted by atomic mass is 10.1. The molecular weight excluding hydrogens is 301 g/mol. The lowest BCUT2D eigenvalue weighted by molar-refractivity contribution is 0.102. The van der Waals surface area contributed by atoms with Crippen LogP contribution in [0.3, 0.4) is 0 Å². The zero-order chi connectivity index (χ0) is 16.8. The first-order chi connectivity index (χ1) is 11.7. The van der Waals surface area contributed by atoms with Gasteiger partial charge in [0.15, 0.2) is 0 Å². The van der Waals surface area contributed by atoms with Crippen molar-refractivity contribution in [1.82, 2.24) is 0 Å². The molecule has 0 aromatic heterocycles. The minimum atomic E-state index is -0.371. The molecule has 0 radical (unpaired) electrons. The van der Waals surface area contributed by atoms with Crippen molar-refractivity contribution in [3.05, 3.63) is 101 Å². The molecule has 0 aliphatic rings. The lowest BCUT2D eigenvalue weighted by Gasteiger charge is -2.05. The fourth-order valence-corrected chi connectivity index (χ4v) is 2.15. The minimum absolute atomic E-state index is 0.289. The highest BCUT2D eigenvalue weighted by atomic mass is 19.1. The van der Waals surface area contributed by atoms with Crippen molar-refractivity contribution in [3.63, 3.8) is 0 Å². The summed E-state index contributed by atoms with van der Waals surface area (Å²) in [6, 6.07) is 22.4. The molecule has 0 spiro atoms. The van der Waals surface area contributed by atoms with Crippen LogP contribution in [0.25, 0.3) is 0 Å². The Morgan fingerprint density at radius 1 is 0.792 bits per heavy atom. The van der Waals surface area contributed by atoms with E-state index in [1.807, 2.05) is 42.5 Å². The standard InChI is InChI=1S/C21H14FNO/c22-19-13-11-18(12-14-19)21(24)23-20-8-4-7-17(15-20)10-9-16-5-2-1-3-6-16/h1-8,11-15H,(H,23,24). The largest absolute Gasteiger partial charge is 0.322 e. The third-order valence-corrected chi connectivity index (χ3v) is 3.35. The fourth-order valence-electron chi connectivity index (χ4n) is 2.15. The average molecular weight is 315 g/mol. The second-order valence-corrected chi connectivity index (χ2v) is 5.16. The van der Waals surface area contributed by atoms with Gasteiger partial charge in [0.25, 0.3) is 5.91 Å². The zero-order valence-corrected chi connectivity index (χ0v) is 12.8. The van der Waals surface area contributed by atoms with Crippen LogP contribution in [0.1, 0.15) is 21.5 Å². The van der Waals surface area contributed by atoms with E-state index >= 15 is 0 Å². The number of rotatable bonds is 2. The molecule has 0 saturated carbocycles. The molecule has 0 unspecified atom stereocenters. The van der Waals surface area contributed by atoms with Crippen LogP contribution in [0.5, 0.6) is 0 Å². The number of carbonyl (C=O) groups excluding carboxylic acids is 1. The van der Waals surface area contributed by atoms with Gasteiger partial charge in [-0.25, -0.2) is 4.39 Å². The molecule has 0 heterocycles. The number of benzene rings is 3. The molecule has 3 aromatic carbocycles. The van der Waals surface area contributed by atoms with Gasteiger partial charge in [0.2, 0.25) is 0 Å². The Morgan fingerprint density at radius 3 is 2.21 bits per heavy atom. The third kappa shape index (κ3) is 4.08. The predicted molar refractivity (Wildman–Crippen MR) is 93.2 cm³/mol. The Labute approximate surface area is 140 Å². The first-order valence-corrected chi connectivity index (χ1v) is 7.45. The monoisotopic (exact) mass is 315 g/mol. The van der Waals surface area contributed by atoms with Crippen LogP contribution in [0.2, 0.25) is 0 Å². The van der Waals surface area contributed by atoms with Crippen LogP contribution < -0.4 is 5.32 Å². The molecule has 0 aliphatic heterocycles. The van der Waals surface area contributed by atoms with Crippen molar-refractivity contribution in [2.75, 3.05) is 5.32 Å². The molecule has 0 fully saturated rings. The molecule has 3 heteroatoms. The topological polar surface area (TPSA) is 29.1 Å². The summed E-state index contributed by atoms with van der Waals surface area (Å²) in [6.45, 7) is 0. The molecule has 1 N–H and O–H groups in total. The summed E-state index contributed by atoms with van der Waals surface area (Å²) in [4.78, 5) is 12.1. The minimum Gasteiger partial charge on any atom is -0.322 e. The van der Waals surface area contributed by atoms with Crippen LogP contribution in [0, 0.1) is 17.7 Å². The average Bonchev–Trinajstić information content (AvgIpc) is 2.62. The van der Waals surface area contributed by atoms with Crippen molar-refractivity contribution in [1.29, 1.82) is 0 Å². The van der Waals surface area contributed by atoms with Crippen LogP contribution in [-0.2, 0) is 0 Å². The third-order valence-electron chi connectivity index (χ3n) is 3.35. The fraction of sp³-hybridized carbons (Fsp3) is 0. The summed E-state index contributed by atoms with van der Waals surface area (Å²) in [5.74, 6) is 5.49. The SMILES string of the molecule is O=C(Nc1cccc(C#Cc2ccccc2)c1)c1ccc(F)cc1. The lowest BCUT2D eigenvalue weighted by Crippen LogP contribution is -2.11. The van der Waals surface area contributed by atoms with Gasteiger partial charge < -0.3 is 5.32 Å². The van der Waals surface area contributed by atoms with Crippen molar-refractivity contribution in [2.45, 2.75) is 0 Å². The van der Waals surface area contributed by atoms with Crippen LogP contribution in [0.15, 0.2) is 78.9 Å². The van der Waals surface area contributed by atoms with Crippen molar-refractivity contribution < 1.29 is 9.18 Å². The summed E-state index contributed by atoms with van der Waals surface area (Å²) in [7, 11) is 0. The Morgan fingerprint density at radius 2 is 1.46 bits per heavy atom. The maximum absolute atomic E-state index is 12.9. The van der Waals surface area contributed by atoms with Crippen LogP contribution >= 0.6 is 0 Å². The first-order valence-electron chi connectivity index (χ1n) is 7.45. The maximum atomic E-state index is 12.9. The zero-order valence-electron chi connectivity index (χ0n) is 12.8.